The highest BCUT2D eigenvalue weighted by Gasteiger charge is 2.27. The van der Waals surface area contributed by atoms with Crippen LogP contribution in [0.2, 0.25) is 0 Å². The van der Waals surface area contributed by atoms with Gasteiger partial charge < -0.3 is 18.9 Å². The molecule has 0 unspecified atom stereocenters. The third kappa shape index (κ3) is 10.2. The van der Waals surface area contributed by atoms with E-state index in [9.17, 15) is 9.59 Å². The molecule has 0 bridgehead atoms. The lowest BCUT2D eigenvalue weighted by atomic mass is 10.0. The summed E-state index contributed by atoms with van der Waals surface area (Å²) >= 11 is 4.38. The summed E-state index contributed by atoms with van der Waals surface area (Å²) in [6.45, 7) is 3.13. The van der Waals surface area contributed by atoms with Crippen LogP contribution >= 0.6 is 34.4 Å². The highest BCUT2D eigenvalue weighted by atomic mass is 32.2. The summed E-state index contributed by atoms with van der Waals surface area (Å²) < 4.78 is 21.7. The Balaban J connectivity index is 1.38. The number of carbonyl (C=O) groups is 2. The highest BCUT2D eigenvalue weighted by Crippen LogP contribution is 2.23. The molecule has 1 aliphatic rings. The number of hydrogen-bond acceptors (Lipinski definition) is 10. The average molecular weight is 629 g/mol. The van der Waals surface area contributed by atoms with E-state index in [0.29, 0.717) is 44.0 Å². The first-order valence-electron chi connectivity index (χ1n) is 13.7. The van der Waals surface area contributed by atoms with Crippen molar-refractivity contribution in [1.29, 1.82) is 0 Å². The third-order valence-corrected chi connectivity index (χ3v) is 9.19. The molecule has 11 heteroatoms. The van der Waals surface area contributed by atoms with Crippen LogP contribution in [0.3, 0.4) is 0 Å². The molecule has 0 N–H and O–H groups in total. The molecule has 1 aliphatic heterocycles. The molecule has 3 aromatic rings. The molecule has 4 rings (SSSR count). The maximum Gasteiger partial charge on any atom is 0.348 e. The standard InChI is InChI=1S/C31H36N2O6S3/c1-36-16-17-38-23-39-27(21-26-5-3-4-24(20-26)6-7-25-12-18-40-22-25)10-13-32-15-19-41-31(35)33(32)14-11-28-8-9-29(42-28)30(34)37-2/h3-5,8-9,12,18,20,22,27H,10-11,13-17,19,21,23H2,1-2H3/t27-/m1/s1. The zero-order chi connectivity index (χ0) is 29.6. The van der Waals surface area contributed by atoms with Crippen LogP contribution in [-0.2, 0) is 31.8 Å². The number of hydrazine groups is 1. The van der Waals surface area contributed by atoms with Crippen LogP contribution in [0.1, 0.15) is 37.7 Å². The molecular formula is C31H36N2O6S3. The molecule has 8 nitrogen and oxygen atoms in total. The van der Waals surface area contributed by atoms with Crippen molar-refractivity contribution in [2.24, 2.45) is 0 Å². The average Bonchev–Trinajstić information content (AvgIpc) is 3.71. The van der Waals surface area contributed by atoms with Crippen LogP contribution in [0.25, 0.3) is 0 Å². The van der Waals surface area contributed by atoms with Crippen molar-refractivity contribution in [2.75, 3.05) is 59.6 Å². The van der Waals surface area contributed by atoms with Gasteiger partial charge in [0.1, 0.15) is 11.7 Å². The minimum absolute atomic E-state index is 0.0447. The lowest BCUT2D eigenvalue weighted by Gasteiger charge is -2.38. The van der Waals surface area contributed by atoms with E-state index >= 15 is 0 Å². The third-order valence-electron chi connectivity index (χ3n) is 6.54. The fourth-order valence-corrected chi connectivity index (χ4v) is 6.69. The second kappa shape index (κ2) is 17.4. The fraction of sp³-hybridized carbons (Fsp3) is 0.419. The number of ether oxygens (including phenoxy) is 4. The SMILES string of the molecule is COCCOCO[C@H](CCN1CCSC(=O)N1CCc1ccc(C(=O)OC)s1)Cc1cccc(C#Cc2ccsc2)c1. The van der Waals surface area contributed by atoms with Crippen molar-refractivity contribution >= 4 is 45.6 Å². The van der Waals surface area contributed by atoms with Gasteiger partial charge in [0.2, 0.25) is 0 Å². The Labute approximate surface area is 259 Å². The largest absolute Gasteiger partial charge is 0.465 e. The molecule has 1 atom stereocenters. The van der Waals surface area contributed by atoms with Gasteiger partial charge in [-0.25, -0.2) is 9.80 Å². The molecule has 224 valence electrons. The first-order valence-corrected chi connectivity index (χ1v) is 16.5. The first-order chi connectivity index (χ1) is 20.6. The number of thiophene rings is 2. The lowest BCUT2D eigenvalue weighted by molar-refractivity contribution is -0.104. The van der Waals surface area contributed by atoms with Crippen LogP contribution < -0.4 is 0 Å². The monoisotopic (exact) mass is 628 g/mol. The number of hydrogen-bond donors (Lipinski definition) is 0. The van der Waals surface area contributed by atoms with Gasteiger partial charge in [-0.3, -0.25) is 9.80 Å². The molecule has 0 aliphatic carbocycles. The van der Waals surface area contributed by atoms with Gasteiger partial charge in [-0.1, -0.05) is 35.7 Å². The van der Waals surface area contributed by atoms with Crippen molar-refractivity contribution in [2.45, 2.75) is 25.4 Å². The predicted octanol–water partition coefficient (Wildman–Crippen LogP) is 5.56. The van der Waals surface area contributed by atoms with Gasteiger partial charge in [-0.2, -0.15) is 11.3 Å². The Morgan fingerprint density at radius 3 is 2.76 bits per heavy atom. The Bertz CT molecular complexity index is 1330. The summed E-state index contributed by atoms with van der Waals surface area (Å²) in [4.78, 5) is 26.3. The summed E-state index contributed by atoms with van der Waals surface area (Å²) in [5.41, 5.74) is 3.11. The van der Waals surface area contributed by atoms with Crippen LogP contribution in [0, 0.1) is 11.8 Å². The number of benzene rings is 1. The van der Waals surface area contributed by atoms with Crippen LogP contribution in [0.5, 0.6) is 0 Å². The van der Waals surface area contributed by atoms with E-state index in [1.807, 2.05) is 40.0 Å². The number of carbonyl (C=O) groups excluding carboxylic acids is 2. The predicted molar refractivity (Wildman–Crippen MR) is 168 cm³/mol. The summed E-state index contributed by atoms with van der Waals surface area (Å²) in [5, 5.41) is 8.06. The first kappa shape index (κ1) is 32.2. The molecule has 0 radical (unpaired) electrons. The number of amides is 1. The van der Waals surface area contributed by atoms with Crippen molar-refractivity contribution < 1.29 is 28.5 Å². The van der Waals surface area contributed by atoms with Gasteiger partial charge in [0.05, 0.1) is 26.4 Å². The van der Waals surface area contributed by atoms with E-state index in [-0.39, 0.29) is 24.1 Å². The molecule has 1 saturated heterocycles. The smallest absolute Gasteiger partial charge is 0.348 e. The molecule has 0 saturated carbocycles. The normalized spacial score (nSPS) is 14.4. The number of methoxy groups -OCH3 is 2. The molecule has 0 spiro atoms. The van der Waals surface area contributed by atoms with E-state index in [0.717, 1.165) is 40.3 Å². The van der Waals surface area contributed by atoms with Gasteiger partial charge in [0.15, 0.2) is 0 Å². The minimum atomic E-state index is -0.338. The second-order valence-electron chi connectivity index (χ2n) is 9.46. The molecule has 42 heavy (non-hydrogen) atoms. The van der Waals surface area contributed by atoms with Crippen molar-refractivity contribution in [1.82, 2.24) is 10.0 Å². The number of rotatable bonds is 15. The lowest BCUT2D eigenvalue weighted by Crippen LogP contribution is -2.51. The fourth-order valence-electron chi connectivity index (χ4n) is 4.35. The Morgan fingerprint density at radius 1 is 1.07 bits per heavy atom. The van der Waals surface area contributed by atoms with Crippen LogP contribution in [0.4, 0.5) is 4.79 Å². The Morgan fingerprint density at radius 2 is 1.95 bits per heavy atom. The van der Waals surface area contributed by atoms with Crippen LogP contribution in [-0.4, -0.2) is 86.9 Å². The van der Waals surface area contributed by atoms with Crippen LogP contribution in [0.15, 0.2) is 53.2 Å². The van der Waals surface area contributed by atoms with Gasteiger partial charge in [0, 0.05) is 60.3 Å². The van der Waals surface area contributed by atoms with Crippen molar-refractivity contribution in [3.05, 3.63) is 79.7 Å². The maximum atomic E-state index is 12.9. The Kier molecular flexibility index (Phi) is 13.4. The Hall–Kier alpha value is -2.69. The summed E-state index contributed by atoms with van der Waals surface area (Å²) in [7, 11) is 3.02. The number of thioether (sulfide) groups is 1. The second-order valence-corrected chi connectivity index (χ2v) is 12.5. The summed E-state index contributed by atoms with van der Waals surface area (Å²) in [5.74, 6) is 6.88. The van der Waals surface area contributed by atoms with Gasteiger partial charge in [-0.05, 0) is 54.1 Å². The molecule has 1 aromatic carbocycles. The van der Waals surface area contributed by atoms with E-state index in [4.69, 9.17) is 18.9 Å². The van der Waals surface area contributed by atoms with Crippen molar-refractivity contribution in [3.63, 3.8) is 0 Å². The highest BCUT2D eigenvalue weighted by molar-refractivity contribution is 8.13. The topological polar surface area (TPSA) is 77.5 Å². The maximum absolute atomic E-state index is 12.9. The zero-order valence-electron chi connectivity index (χ0n) is 23.9. The van der Waals surface area contributed by atoms with E-state index in [2.05, 4.69) is 29.0 Å². The quantitative estimate of drug-likeness (QED) is 0.0937. The summed E-state index contributed by atoms with van der Waals surface area (Å²) in [6.07, 6.45) is 1.97. The van der Waals surface area contributed by atoms with E-state index in [1.165, 1.54) is 30.2 Å². The number of esters is 1. The number of nitrogens with zero attached hydrogens (tertiary/aromatic N) is 2. The molecular weight excluding hydrogens is 593 g/mol. The van der Waals surface area contributed by atoms with Gasteiger partial charge >= 0.3 is 5.97 Å². The minimum Gasteiger partial charge on any atom is -0.465 e. The zero-order valence-corrected chi connectivity index (χ0v) is 26.4. The van der Waals surface area contributed by atoms with E-state index < -0.39 is 0 Å². The molecule has 2 aromatic heterocycles. The van der Waals surface area contributed by atoms with E-state index in [1.54, 1.807) is 24.5 Å². The van der Waals surface area contributed by atoms with Crippen molar-refractivity contribution in [3.8, 4) is 11.8 Å². The van der Waals surface area contributed by atoms with Gasteiger partial charge in [-0.15, -0.1) is 11.3 Å². The molecule has 1 fully saturated rings. The molecule has 3 heterocycles. The van der Waals surface area contributed by atoms with Gasteiger partial charge in [0.25, 0.3) is 5.24 Å². The summed E-state index contributed by atoms with van der Waals surface area (Å²) in [6, 6.07) is 14.0. The molecule has 1 amide bonds.